The van der Waals surface area contributed by atoms with Crippen molar-refractivity contribution in [1.82, 2.24) is 0 Å². The standard InChI is InChI=1S/C6H13O9P.Ba/c7-2-6(10)5(9)4(8)3(15-6)1-14-16(11,12)13;/h3-5,7-10H,1-2H2,(H2,11,12,13);/q;+2/p-2/t3-,4-,5+,6?;/m0./s1. The van der Waals surface area contributed by atoms with Gasteiger partial charge in [0.2, 0.25) is 5.79 Å². The molecule has 17 heavy (non-hydrogen) atoms. The fourth-order valence-electron chi connectivity index (χ4n) is 1.30. The molecular weight excluding hydrogens is 384 g/mol. The molecule has 1 heterocycles. The third-order valence-corrected chi connectivity index (χ3v) is 2.61. The molecule has 96 valence electrons. The molecule has 11 heteroatoms. The van der Waals surface area contributed by atoms with E-state index in [0.29, 0.717) is 0 Å². The molecular formula is C6H11BaO9P. The van der Waals surface area contributed by atoms with E-state index in [0.717, 1.165) is 0 Å². The Bertz CT molecular complexity index is 295. The van der Waals surface area contributed by atoms with E-state index in [1.54, 1.807) is 0 Å². The van der Waals surface area contributed by atoms with Gasteiger partial charge in [0.05, 0.1) is 21.0 Å². The molecule has 0 aromatic carbocycles. The van der Waals surface area contributed by atoms with Crippen LogP contribution in [0.2, 0.25) is 0 Å². The number of aliphatic hydroxyl groups is 4. The van der Waals surface area contributed by atoms with Crippen molar-refractivity contribution in [2.75, 3.05) is 13.2 Å². The van der Waals surface area contributed by atoms with Crippen molar-refractivity contribution in [3.63, 3.8) is 0 Å². The van der Waals surface area contributed by atoms with E-state index in [1.807, 2.05) is 0 Å². The summed E-state index contributed by atoms with van der Waals surface area (Å²) in [5.41, 5.74) is 0. The molecule has 0 spiro atoms. The molecule has 0 aromatic heterocycles. The Balaban J connectivity index is 0.00000256. The first kappa shape index (κ1) is 18.5. The van der Waals surface area contributed by atoms with Crippen LogP contribution in [0.4, 0.5) is 0 Å². The van der Waals surface area contributed by atoms with Gasteiger partial charge in [-0.1, -0.05) is 0 Å². The van der Waals surface area contributed by atoms with Crippen molar-refractivity contribution in [2.24, 2.45) is 0 Å². The number of aliphatic hydroxyl groups excluding tert-OH is 3. The second-order valence-electron chi connectivity index (χ2n) is 3.34. The molecule has 1 saturated heterocycles. The third-order valence-electron chi connectivity index (χ3n) is 2.15. The van der Waals surface area contributed by atoms with Crippen LogP contribution in [-0.4, -0.2) is 107 Å². The van der Waals surface area contributed by atoms with E-state index in [4.69, 9.17) is 5.11 Å². The first-order valence-electron chi connectivity index (χ1n) is 4.23. The minimum atomic E-state index is -5.23. The van der Waals surface area contributed by atoms with Crippen molar-refractivity contribution in [3.8, 4) is 0 Å². The van der Waals surface area contributed by atoms with Gasteiger partial charge < -0.3 is 44.0 Å². The molecule has 0 bridgehead atoms. The molecule has 1 unspecified atom stereocenters. The van der Waals surface area contributed by atoms with Gasteiger partial charge in [-0.2, -0.15) is 0 Å². The largest absolute Gasteiger partial charge is 2.00 e. The summed E-state index contributed by atoms with van der Waals surface area (Å²) < 4.78 is 18.6. The Morgan fingerprint density at radius 3 is 2.29 bits per heavy atom. The maximum Gasteiger partial charge on any atom is 2.00 e. The first-order chi connectivity index (χ1) is 7.19. The molecule has 0 saturated carbocycles. The maximum atomic E-state index is 10.1. The molecule has 4 N–H and O–H groups in total. The van der Waals surface area contributed by atoms with Crippen LogP contribution in [-0.2, 0) is 13.8 Å². The van der Waals surface area contributed by atoms with Crippen molar-refractivity contribution < 1.29 is 44.0 Å². The topological polar surface area (TPSA) is 163 Å². The van der Waals surface area contributed by atoms with E-state index in [2.05, 4.69) is 9.26 Å². The number of phosphoric acid groups is 1. The van der Waals surface area contributed by atoms with Crippen LogP contribution < -0.4 is 9.79 Å². The van der Waals surface area contributed by atoms with Crippen LogP contribution in [0.5, 0.6) is 0 Å². The molecule has 0 radical (unpaired) electrons. The molecule has 9 nitrogen and oxygen atoms in total. The predicted molar refractivity (Wildman–Crippen MR) is 48.2 cm³/mol. The third kappa shape index (κ3) is 4.82. The van der Waals surface area contributed by atoms with E-state index in [-0.39, 0.29) is 48.9 Å². The Labute approximate surface area is 137 Å². The average Bonchev–Trinajstić information content (AvgIpc) is 2.40. The van der Waals surface area contributed by atoms with E-state index in [1.165, 1.54) is 0 Å². The van der Waals surface area contributed by atoms with Crippen molar-refractivity contribution in [1.29, 1.82) is 0 Å². The van der Waals surface area contributed by atoms with E-state index >= 15 is 0 Å². The quantitative estimate of drug-likeness (QED) is 0.270. The SMILES string of the molecule is O=P([O-])([O-])OC[C@@H]1OC(O)(CO)[C@H](O)[C@H]1O.[Ba+2]. The zero-order valence-electron chi connectivity index (χ0n) is 8.63. The molecule has 0 aliphatic carbocycles. The minimum Gasteiger partial charge on any atom is -0.790 e. The second kappa shape index (κ2) is 6.77. The Morgan fingerprint density at radius 2 is 1.94 bits per heavy atom. The summed E-state index contributed by atoms with van der Waals surface area (Å²) in [5.74, 6) is -2.40. The summed E-state index contributed by atoms with van der Waals surface area (Å²) in [6.07, 6.45) is -4.93. The normalized spacial score (nSPS) is 37.9. The summed E-state index contributed by atoms with van der Waals surface area (Å²) in [4.78, 5) is 20.3. The maximum absolute atomic E-state index is 10.1. The zero-order chi connectivity index (χ0) is 12.6. The van der Waals surface area contributed by atoms with Crippen LogP contribution in [0.1, 0.15) is 0 Å². The Morgan fingerprint density at radius 1 is 1.41 bits per heavy atom. The molecule has 4 atom stereocenters. The van der Waals surface area contributed by atoms with Crippen LogP contribution in [0.15, 0.2) is 0 Å². The average molecular weight is 395 g/mol. The molecule has 1 aliphatic rings. The summed E-state index contributed by atoms with van der Waals surface area (Å²) >= 11 is 0. The van der Waals surface area contributed by atoms with Gasteiger partial charge in [0, 0.05) is 0 Å². The molecule has 1 rings (SSSR count). The van der Waals surface area contributed by atoms with Gasteiger partial charge in [0.25, 0.3) is 0 Å². The molecule has 1 aliphatic heterocycles. The van der Waals surface area contributed by atoms with Gasteiger partial charge >= 0.3 is 48.9 Å². The van der Waals surface area contributed by atoms with Crippen LogP contribution >= 0.6 is 7.82 Å². The zero-order valence-corrected chi connectivity index (χ0v) is 14.0. The van der Waals surface area contributed by atoms with Gasteiger partial charge in [-0.05, 0) is 0 Å². The first-order valence-corrected chi connectivity index (χ1v) is 5.69. The van der Waals surface area contributed by atoms with Gasteiger partial charge in [0.1, 0.15) is 18.3 Å². The number of hydrogen-bond acceptors (Lipinski definition) is 9. The predicted octanol–water partition coefficient (Wildman–Crippen LogP) is -4.75. The van der Waals surface area contributed by atoms with Crippen molar-refractivity contribution in [3.05, 3.63) is 0 Å². The summed E-state index contributed by atoms with van der Waals surface area (Å²) in [6, 6.07) is 0. The number of phosphoric ester groups is 1. The number of rotatable bonds is 4. The Kier molecular flexibility index (Phi) is 7.36. The second-order valence-corrected chi connectivity index (χ2v) is 4.49. The molecule has 0 aromatic rings. The van der Waals surface area contributed by atoms with Crippen LogP contribution in [0, 0.1) is 0 Å². The van der Waals surface area contributed by atoms with E-state index < -0.39 is 45.1 Å². The fraction of sp³-hybridized carbons (Fsp3) is 1.00. The van der Waals surface area contributed by atoms with Gasteiger partial charge in [-0.3, -0.25) is 0 Å². The summed E-state index contributed by atoms with van der Waals surface area (Å²) in [7, 11) is -5.23. The van der Waals surface area contributed by atoms with Gasteiger partial charge in [-0.15, -0.1) is 0 Å². The van der Waals surface area contributed by atoms with E-state index in [9.17, 15) is 29.7 Å². The Hall–Kier alpha value is 1.48. The number of ether oxygens (including phenoxy) is 1. The smallest absolute Gasteiger partial charge is 0.790 e. The molecule has 1 fully saturated rings. The van der Waals surface area contributed by atoms with Gasteiger partial charge in [0.15, 0.2) is 0 Å². The minimum absolute atomic E-state index is 0. The fourth-order valence-corrected chi connectivity index (χ4v) is 1.63. The van der Waals surface area contributed by atoms with Crippen molar-refractivity contribution >= 4 is 56.7 Å². The monoisotopic (exact) mass is 396 g/mol. The number of hydrogen-bond donors (Lipinski definition) is 4. The summed E-state index contributed by atoms with van der Waals surface area (Å²) in [5, 5.41) is 36.6. The summed E-state index contributed by atoms with van der Waals surface area (Å²) in [6.45, 7) is -1.86. The van der Waals surface area contributed by atoms with Crippen LogP contribution in [0.25, 0.3) is 0 Å². The van der Waals surface area contributed by atoms with Crippen LogP contribution in [0.3, 0.4) is 0 Å². The van der Waals surface area contributed by atoms with Crippen molar-refractivity contribution in [2.45, 2.75) is 24.1 Å². The molecule has 0 amide bonds. The van der Waals surface area contributed by atoms with Gasteiger partial charge in [-0.25, -0.2) is 0 Å².